The SMILES string of the molecule is C/C=C\C(=C/CC)c1ccc2nc(-c3cccnc3N)n(-c3ccc(CN4CCC5(CCCN(C)C5)C4)cc3)c2n1.CC.O=Cc1ccc(C=O)c(O)c1. The van der Waals surface area contributed by atoms with Gasteiger partial charge in [0.15, 0.2) is 17.8 Å². The molecule has 54 heavy (non-hydrogen) atoms. The average Bonchev–Trinajstić information content (AvgIpc) is 3.76. The van der Waals surface area contributed by atoms with Gasteiger partial charge in [0.25, 0.3) is 0 Å². The highest BCUT2D eigenvalue weighted by atomic mass is 16.3. The third-order valence-electron chi connectivity index (χ3n) is 9.94. The largest absolute Gasteiger partial charge is 0.507 e. The van der Waals surface area contributed by atoms with Gasteiger partial charge in [-0.1, -0.05) is 57.2 Å². The van der Waals surface area contributed by atoms with Crippen molar-refractivity contribution < 1.29 is 14.7 Å². The summed E-state index contributed by atoms with van der Waals surface area (Å²) in [6.07, 6.45) is 14.1. The summed E-state index contributed by atoms with van der Waals surface area (Å²) in [7, 11) is 2.27. The highest BCUT2D eigenvalue weighted by Crippen LogP contribution is 2.39. The van der Waals surface area contributed by atoms with E-state index in [9.17, 15) is 9.59 Å². The van der Waals surface area contributed by atoms with Gasteiger partial charge in [0.1, 0.15) is 23.4 Å². The lowest BCUT2D eigenvalue weighted by molar-refractivity contribution is 0.111. The van der Waals surface area contributed by atoms with E-state index < -0.39 is 0 Å². The molecule has 3 aromatic heterocycles. The Bertz CT molecular complexity index is 2100. The molecule has 2 saturated heterocycles. The minimum atomic E-state index is -0.162. The molecule has 0 bridgehead atoms. The number of carbonyl (C=O) groups excluding carboxylic acids is 2. The number of piperidine rings is 1. The minimum absolute atomic E-state index is 0.162. The molecule has 10 nitrogen and oxygen atoms in total. The van der Waals surface area contributed by atoms with Crippen LogP contribution in [0.1, 0.15) is 85.4 Å². The zero-order chi connectivity index (χ0) is 38.7. The second-order valence-corrected chi connectivity index (χ2v) is 13.8. The fourth-order valence-corrected chi connectivity index (χ4v) is 7.50. The van der Waals surface area contributed by atoms with E-state index in [2.05, 4.69) is 81.9 Å². The lowest BCUT2D eigenvalue weighted by Crippen LogP contribution is -2.42. The molecule has 0 amide bonds. The molecule has 0 saturated carbocycles. The molecule has 5 aromatic rings. The van der Waals surface area contributed by atoms with Gasteiger partial charge in [0.2, 0.25) is 0 Å². The van der Waals surface area contributed by atoms with Gasteiger partial charge in [-0.05, 0) is 118 Å². The van der Waals surface area contributed by atoms with E-state index >= 15 is 0 Å². The fraction of sp³-hybridized carbons (Fsp3) is 0.341. The van der Waals surface area contributed by atoms with Crippen molar-refractivity contribution in [3.63, 3.8) is 0 Å². The molecule has 2 fully saturated rings. The maximum absolute atomic E-state index is 10.2. The van der Waals surface area contributed by atoms with Crippen molar-refractivity contribution in [2.75, 3.05) is 39.0 Å². The van der Waals surface area contributed by atoms with Crippen molar-refractivity contribution in [1.29, 1.82) is 0 Å². The van der Waals surface area contributed by atoms with Crippen LogP contribution < -0.4 is 5.73 Å². The Morgan fingerprint density at radius 2 is 1.76 bits per heavy atom. The van der Waals surface area contributed by atoms with Crippen LogP contribution in [0.15, 0.2) is 91.2 Å². The normalized spacial score (nSPS) is 17.6. The fourth-order valence-electron chi connectivity index (χ4n) is 7.50. The summed E-state index contributed by atoms with van der Waals surface area (Å²) >= 11 is 0. The first kappa shape index (κ1) is 39.8. The van der Waals surface area contributed by atoms with Gasteiger partial charge < -0.3 is 15.7 Å². The van der Waals surface area contributed by atoms with Crippen LogP contribution in [-0.2, 0) is 6.54 Å². The number of likely N-dealkylation sites (tertiary alicyclic amines) is 2. The van der Waals surface area contributed by atoms with Crippen molar-refractivity contribution in [1.82, 2.24) is 29.3 Å². The molecular weight excluding hydrogens is 675 g/mol. The predicted molar refractivity (Wildman–Crippen MR) is 219 cm³/mol. The van der Waals surface area contributed by atoms with E-state index in [0.717, 1.165) is 52.5 Å². The first-order valence-electron chi connectivity index (χ1n) is 18.9. The minimum Gasteiger partial charge on any atom is -0.507 e. The molecule has 1 unspecified atom stereocenters. The Balaban J connectivity index is 0.000000369. The number of carbonyl (C=O) groups is 2. The maximum Gasteiger partial charge on any atom is 0.165 e. The molecule has 2 aliphatic rings. The maximum atomic E-state index is 10.2. The third-order valence-corrected chi connectivity index (χ3v) is 9.94. The van der Waals surface area contributed by atoms with E-state index in [1.807, 2.05) is 39.0 Å². The zero-order valence-electron chi connectivity index (χ0n) is 32.2. The molecule has 0 aliphatic carbocycles. The number of nitrogen functional groups attached to an aromatic ring is 1. The van der Waals surface area contributed by atoms with E-state index in [-0.39, 0.29) is 11.3 Å². The number of benzene rings is 2. The van der Waals surface area contributed by atoms with Gasteiger partial charge >= 0.3 is 0 Å². The van der Waals surface area contributed by atoms with Crippen LogP contribution >= 0.6 is 0 Å². The highest BCUT2D eigenvalue weighted by molar-refractivity contribution is 5.85. The molecule has 2 aromatic carbocycles. The monoisotopic (exact) mass is 727 g/mol. The number of aromatic nitrogens is 4. The number of phenols is 1. The van der Waals surface area contributed by atoms with E-state index in [0.29, 0.717) is 29.4 Å². The highest BCUT2D eigenvalue weighted by Gasteiger charge is 2.40. The Labute approximate surface area is 319 Å². The van der Waals surface area contributed by atoms with E-state index in [4.69, 9.17) is 20.8 Å². The molecule has 0 radical (unpaired) electrons. The second kappa shape index (κ2) is 18.5. The van der Waals surface area contributed by atoms with Crippen molar-refractivity contribution in [2.45, 2.75) is 59.9 Å². The zero-order valence-corrected chi connectivity index (χ0v) is 32.2. The third kappa shape index (κ3) is 9.18. The van der Waals surface area contributed by atoms with Gasteiger partial charge in [-0.25, -0.2) is 15.0 Å². The summed E-state index contributed by atoms with van der Waals surface area (Å²) in [5, 5.41) is 9.03. The number of nitrogens with two attached hydrogens (primary N) is 1. The number of hydrogen-bond donors (Lipinski definition) is 2. The number of fused-ring (bicyclic) bond motifs is 1. The molecule has 282 valence electrons. The topological polar surface area (TPSA) is 130 Å². The van der Waals surface area contributed by atoms with Gasteiger partial charge in [0.05, 0.1) is 16.8 Å². The Morgan fingerprint density at radius 1 is 0.963 bits per heavy atom. The van der Waals surface area contributed by atoms with Crippen LogP contribution in [0.4, 0.5) is 5.82 Å². The summed E-state index contributed by atoms with van der Waals surface area (Å²) in [5.41, 5.74) is 14.2. The number of aldehydes is 2. The quantitative estimate of drug-likeness (QED) is 0.114. The smallest absolute Gasteiger partial charge is 0.165 e. The number of hydrogen-bond acceptors (Lipinski definition) is 9. The van der Waals surface area contributed by atoms with E-state index in [1.165, 1.54) is 69.2 Å². The number of imidazole rings is 1. The van der Waals surface area contributed by atoms with Gasteiger partial charge in [-0.3, -0.25) is 19.1 Å². The predicted octanol–water partition coefficient (Wildman–Crippen LogP) is 8.40. The summed E-state index contributed by atoms with van der Waals surface area (Å²) in [6, 6.07) is 21.0. The standard InChI is InChI=1S/C34H41N7.C8H6O3.C2H6/c1-4-8-26(9-5-2)29-15-16-30-33(37-29)41(32(38-30)28-10-6-19-36-31(28)35)27-13-11-25(12-14-27)22-40-21-18-34(24-40)17-7-20-39(3)23-34;9-4-6-1-2-7(5-10)8(11)3-6;1-2/h4,6,8-16,19H,5,7,17-18,20-24H2,1-3H3,(H2,35,36);1-5,11H;1-2H3/b8-4-,26-9+;;. The second-order valence-electron chi connectivity index (χ2n) is 13.8. The number of anilines is 1. The van der Waals surface area contributed by atoms with Crippen LogP contribution in [0, 0.1) is 5.41 Å². The average molecular weight is 728 g/mol. The number of aromatic hydroxyl groups is 1. The van der Waals surface area contributed by atoms with Crippen molar-refractivity contribution in [2.24, 2.45) is 5.41 Å². The van der Waals surface area contributed by atoms with Gasteiger partial charge in [-0.2, -0.15) is 0 Å². The van der Waals surface area contributed by atoms with Crippen LogP contribution in [0.2, 0.25) is 0 Å². The number of rotatable bonds is 9. The van der Waals surface area contributed by atoms with Crippen molar-refractivity contribution >= 4 is 35.1 Å². The molecule has 2 aliphatic heterocycles. The first-order valence-corrected chi connectivity index (χ1v) is 18.9. The summed E-state index contributed by atoms with van der Waals surface area (Å²) in [6.45, 7) is 14.0. The summed E-state index contributed by atoms with van der Waals surface area (Å²) in [5.74, 6) is 1.04. The molecular formula is C44H53N7O3. The molecule has 10 heteroatoms. The number of allylic oxidation sites excluding steroid dienone is 4. The summed E-state index contributed by atoms with van der Waals surface area (Å²) < 4.78 is 2.12. The molecule has 3 N–H and O–H groups in total. The van der Waals surface area contributed by atoms with Crippen LogP contribution in [0.25, 0.3) is 33.8 Å². The number of nitrogens with zero attached hydrogens (tertiary/aromatic N) is 6. The number of pyridine rings is 2. The van der Waals surface area contributed by atoms with Gasteiger partial charge in [-0.15, -0.1) is 0 Å². The molecule has 7 rings (SSSR count). The molecule has 1 atom stereocenters. The van der Waals surface area contributed by atoms with Crippen molar-refractivity contribution in [3.05, 3.63) is 114 Å². The first-order chi connectivity index (χ1) is 26.3. The number of phenolic OH excluding ortho intramolecular Hbond substituents is 1. The molecule has 5 heterocycles. The lowest BCUT2D eigenvalue weighted by Gasteiger charge is -2.38. The lowest BCUT2D eigenvalue weighted by atomic mass is 9.79. The van der Waals surface area contributed by atoms with Gasteiger partial charge in [0, 0.05) is 37.1 Å². The summed E-state index contributed by atoms with van der Waals surface area (Å²) in [4.78, 5) is 40.0. The van der Waals surface area contributed by atoms with Crippen LogP contribution in [0.5, 0.6) is 5.75 Å². The Kier molecular flexibility index (Phi) is 13.6. The Morgan fingerprint density at radius 3 is 2.43 bits per heavy atom. The van der Waals surface area contributed by atoms with Crippen LogP contribution in [0.3, 0.4) is 0 Å². The molecule has 1 spiro atoms. The Hall–Kier alpha value is -5.45. The van der Waals surface area contributed by atoms with Crippen LogP contribution in [-0.4, -0.2) is 80.2 Å². The van der Waals surface area contributed by atoms with Crippen molar-refractivity contribution in [3.8, 4) is 22.8 Å². The van der Waals surface area contributed by atoms with E-state index in [1.54, 1.807) is 6.20 Å².